The van der Waals surface area contributed by atoms with Crippen LogP contribution in [0.1, 0.15) is 17.2 Å². The minimum atomic E-state index is -0.185. The summed E-state index contributed by atoms with van der Waals surface area (Å²) in [5.41, 5.74) is 3.15. The average Bonchev–Trinajstić information content (AvgIpc) is 2.40. The van der Waals surface area contributed by atoms with Gasteiger partial charge < -0.3 is 10.6 Å². The van der Waals surface area contributed by atoms with E-state index >= 15 is 0 Å². The van der Waals surface area contributed by atoms with E-state index in [9.17, 15) is 4.79 Å². The number of anilines is 1. The Balaban J connectivity index is 2.50. The summed E-state index contributed by atoms with van der Waals surface area (Å²) in [6, 6.07) is 5.79. The van der Waals surface area contributed by atoms with Crippen molar-refractivity contribution in [2.75, 3.05) is 12.4 Å². The number of amides is 1. The number of benzene rings is 1. The molecule has 2 rings (SSSR count). The molecule has 68 valence electrons. The lowest BCUT2D eigenvalue weighted by atomic mass is 10.1. The Labute approximate surface area is 77.1 Å². The standard InChI is InChI=1S/C10H12N2O/c1-6-3-4-8-7(5-6)9(11-2)10(13)12-8/h3-5,9,11H,1-2H3,(H,12,13). The highest BCUT2D eigenvalue weighted by molar-refractivity contribution is 6.02. The van der Waals surface area contributed by atoms with Gasteiger partial charge in [0.2, 0.25) is 5.91 Å². The number of likely N-dealkylation sites (N-methyl/N-ethyl adjacent to an activating group) is 1. The predicted octanol–water partition coefficient (Wildman–Crippen LogP) is 1.21. The second-order valence-corrected chi connectivity index (χ2v) is 3.30. The fourth-order valence-corrected chi connectivity index (χ4v) is 1.67. The molecule has 0 spiro atoms. The van der Waals surface area contributed by atoms with Crippen LogP contribution < -0.4 is 10.6 Å². The maximum Gasteiger partial charge on any atom is 0.246 e. The molecule has 0 fully saturated rings. The van der Waals surface area contributed by atoms with E-state index in [0.29, 0.717) is 0 Å². The van der Waals surface area contributed by atoms with E-state index in [-0.39, 0.29) is 11.9 Å². The van der Waals surface area contributed by atoms with Gasteiger partial charge in [0.1, 0.15) is 6.04 Å². The van der Waals surface area contributed by atoms with Crippen LogP contribution in [0, 0.1) is 6.92 Å². The third-order valence-corrected chi connectivity index (χ3v) is 2.33. The summed E-state index contributed by atoms with van der Waals surface area (Å²) >= 11 is 0. The number of rotatable bonds is 1. The summed E-state index contributed by atoms with van der Waals surface area (Å²) in [6.45, 7) is 2.02. The van der Waals surface area contributed by atoms with Gasteiger partial charge in [-0.2, -0.15) is 0 Å². The largest absolute Gasteiger partial charge is 0.324 e. The molecule has 1 aromatic carbocycles. The molecule has 1 aromatic rings. The van der Waals surface area contributed by atoms with Crippen LogP contribution in [0.15, 0.2) is 18.2 Å². The molecular formula is C10H12N2O. The molecule has 0 bridgehead atoms. The monoisotopic (exact) mass is 176 g/mol. The lowest BCUT2D eigenvalue weighted by Crippen LogP contribution is -2.23. The molecule has 0 radical (unpaired) electrons. The number of hydrogen-bond acceptors (Lipinski definition) is 2. The van der Waals surface area contributed by atoms with Gasteiger partial charge in [-0.3, -0.25) is 4.79 Å². The molecule has 1 atom stereocenters. The molecule has 1 amide bonds. The number of carbonyl (C=O) groups excluding carboxylic acids is 1. The van der Waals surface area contributed by atoms with Gasteiger partial charge in [-0.25, -0.2) is 0 Å². The molecule has 2 N–H and O–H groups in total. The third-order valence-electron chi connectivity index (χ3n) is 2.33. The topological polar surface area (TPSA) is 41.1 Å². The van der Waals surface area contributed by atoms with Crippen molar-refractivity contribution in [3.8, 4) is 0 Å². The van der Waals surface area contributed by atoms with Crippen LogP contribution in [0.2, 0.25) is 0 Å². The van der Waals surface area contributed by atoms with E-state index < -0.39 is 0 Å². The van der Waals surface area contributed by atoms with E-state index in [1.54, 1.807) is 7.05 Å². The Morgan fingerprint density at radius 2 is 2.23 bits per heavy atom. The van der Waals surface area contributed by atoms with Crippen LogP contribution in [-0.4, -0.2) is 13.0 Å². The Morgan fingerprint density at radius 1 is 1.46 bits per heavy atom. The zero-order chi connectivity index (χ0) is 9.42. The van der Waals surface area contributed by atoms with Crippen molar-refractivity contribution >= 4 is 11.6 Å². The Hall–Kier alpha value is -1.35. The lowest BCUT2D eigenvalue weighted by Gasteiger charge is -2.06. The maximum atomic E-state index is 11.4. The highest BCUT2D eigenvalue weighted by Crippen LogP contribution is 2.30. The lowest BCUT2D eigenvalue weighted by molar-refractivity contribution is -0.117. The first-order valence-corrected chi connectivity index (χ1v) is 4.31. The van der Waals surface area contributed by atoms with Crippen molar-refractivity contribution in [2.24, 2.45) is 0 Å². The number of carbonyl (C=O) groups is 1. The molecular weight excluding hydrogens is 164 g/mol. The van der Waals surface area contributed by atoms with Gasteiger partial charge in [0.25, 0.3) is 0 Å². The summed E-state index contributed by atoms with van der Waals surface area (Å²) in [4.78, 5) is 11.4. The Kier molecular flexibility index (Phi) is 1.81. The molecule has 1 heterocycles. The van der Waals surface area contributed by atoms with Crippen LogP contribution in [0.25, 0.3) is 0 Å². The van der Waals surface area contributed by atoms with Gasteiger partial charge in [0.05, 0.1) is 0 Å². The van der Waals surface area contributed by atoms with E-state index in [2.05, 4.69) is 10.6 Å². The van der Waals surface area contributed by atoms with Gasteiger partial charge >= 0.3 is 0 Å². The molecule has 0 aliphatic carbocycles. The molecule has 1 aliphatic rings. The molecule has 3 heteroatoms. The Morgan fingerprint density at radius 3 is 2.92 bits per heavy atom. The predicted molar refractivity (Wildman–Crippen MR) is 51.6 cm³/mol. The zero-order valence-electron chi connectivity index (χ0n) is 7.72. The van der Waals surface area contributed by atoms with Gasteiger partial charge in [0, 0.05) is 11.3 Å². The summed E-state index contributed by atoms with van der Waals surface area (Å²) < 4.78 is 0. The average molecular weight is 176 g/mol. The molecule has 0 aromatic heterocycles. The minimum Gasteiger partial charge on any atom is -0.324 e. The Bertz CT molecular complexity index is 360. The first-order valence-electron chi connectivity index (χ1n) is 4.31. The van der Waals surface area contributed by atoms with E-state index in [1.165, 1.54) is 5.56 Å². The van der Waals surface area contributed by atoms with Gasteiger partial charge in [-0.05, 0) is 20.0 Å². The van der Waals surface area contributed by atoms with Crippen molar-refractivity contribution in [3.63, 3.8) is 0 Å². The number of fused-ring (bicyclic) bond motifs is 1. The molecule has 13 heavy (non-hydrogen) atoms. The van der Waals surface area contributed by atoms with E-state index in [0.717, 1.165) is 11.3 Å². The van der Waals surface area contributed by atoms with Crippen molar-refractivity contribution in [2.45, 2.75) is 13.0 Å². The smallest absolute Gasteiger partial charge is 0.246 e. The summed E-state index contributed by atoms with van der Waals surface area (Å²) in [5, 5.41) is 5.81. The summed E-state index contributed by atoms with van der Waals surface area (Å²) in [7, 11) is 1.79. The molecule has 0 saturated heterocycles. The molecule has 0 saturated carbocycles. The third kappa shape index (κ3) is 1.21. The SMILES string of the molecule is CNC1C(=O)Nc2ccc(C)cc21. The highest BCUT2D eigenvalue weighted by Gasteiger charge is 2.28. The van der Waals surface area contributed by atoms with Crippen LogP contribution in [0.5, 0.6) is 0 Å². The first-order chi connectivity index (χ1) is 6.22. The van der Waals surface area contributed by atoms with Crippen LogP contribution in [0.3, 0.4) is 0 Å². The van der Waals surface area contributed by atoms with Gasteiger partial charge in [0.15, 0.2) is 0 Å². The van der Waals surface area contributed by atoms with Gasteiger partial charge in [-0.15, -0.1) is 0 Å². The van der Waals surface area contributed by atoms with Crippen LogP contribution in [0.4, 0.5) is 5.69 Å². The number of nitrogens with one attached hydrogen (secondary N) is 2. The second-order valence-electron chi connectivity index (χ2n) is 3.30. The highest BCUT2D eigenvalue weighted by atomic mass is 16.2. The van der Waals surface area contributed by atoms with Crippen LogP contribution in [-0.2, 0) is 4.79 Å². The van der Waals surface area contributed by atoms with Crippen molar-refractivity contribution in [1.82, 2.24) is 5.32 Å². The van der Waals surface area contributed by atoms with Crippen LogP contribution >= 0.6 is 0 Å². The van der Waals surface area contributed by atoms with Crippen molar-refractivity contribution in [1.29, 1.82) is 0 Å². The number of hydrogen-bond donors (Lipinski definition) is 2. The quantitative estimate of drug-likeness (QED) is 0.675. The normalized spacial score (nSPS) is 19.8. The van der Waals surface area contributed by atoms with Crippen molar-refractivity contribution in [3.05, 3.63) is 29.3 Å². The molecule has 1 unspecified atom stereocenters. The van der Waals surface area contributed by atoms with E-state index in [1.807, 2.05) is 25.1 Å². The maximum absolute atomic E-state index is 11.4. The van der Waals surface area contributed by atoms with Gasteiger partial charge in [-0.1, -0.05) is 17.7 Å². The first kappa shape index (κ1) is 8.26. The summed E-state index contributed by atoms with van der Waals surface area (Å²) in [5.74, 6) is 0.0306. The van der Waals surface area contributed by atoms with E-state index in [4.69, 9.17) is 0 Å². The fraction of sp³-hybridized carbons (Fsp3) is 0.300. The fourth-order valence-electron chi connectivity index (χ4n) is 1.67. The molecule has 1 aliphatic heterocycles. The summed E-state index contributed by atoms with van der Waals surface area (Å²) in [6.07, 6.45) is 0. The molecule has 3 nitrogen and oxygen atoms in total. The van der Waals surface area contributed by atoms with Crippen molar-refractivity contribution < 1.29 is 4.79 Å². The second kappa shape index (κ2) is 2.85. The minimum absolute atomic E-state index is 0.0306. The zero-order valence-corrected chi connectivity index (χ0v) is 7.72. The number of aryl methyl sites for hydroxylation is 1.